The van der Waals surface area contributed by atoms with Crippen LogP contribution in [0.4, 0.5) is 5.82 Å². The standard InChI is InChI=1S/C50H56N2O11S2/c53-21-30-6-3-5-29(15-30)16-31-17-35-41(57)34-7-4-8-36-40(34)43(59)49(35,38(56)18-31)27-64-65-28-52-39-19-32(9-14-51-39)48(26-50(61)42(58)37(23-55)63-45(62-36)44(50)60)13-12-47(25-48)24-46(10-1-2-11-46)20-33(47)22-54/h3-9,14-15,17-19,22,33,35,37,42,44-45,53,55-56,58,60-61H,1-2,10-13,16,20-21,23-28H2,(H,51,52)/t33-,35-,37-,42-,44+,45-,47-,48-,49+,50+/m1/s1. The van der Waals surface area contributed by atoms with Crippen LogP contribution in [0.5, 0.6) is 5.75 Å². The SMILES string of the molecule is O=C[C@H]1CC2(CCCC2)C[C@@]12CC[C@@]1(C2)C[C@]2(O)[C@H](O)[C@@H](CO)O[C@@H](Oc3cccc4c3C(=O)[C@]3(CSSCNc5cc1ccn5)C(O)=CC(Cc1cccc(CO)c1)=C[C@@H]3C4=O)[C@@H]2O. The van der Waals surface area contributed by atoms with E-state index >= 15 is 4.79 Å². The Bertz CT molecular complexity index is 2460. The molecule has 7 aliphatic rings. The Hall–Kier alpha value is -4.06. The van der Waals surface area contributed by atoms with Crippen LogP contribution in [0, 0.1) is 28.1 Å². The van der Waals surface area contributed by atoms with Gasteiger partial charge in [-0.3, -0.25) is 9.59 Å². The minimum atomic E-state index is -2.35. The molecule has 5 aliphatic carbocycles. The Balaban J connectivity index is 1.06. The number of pyridine rings is 1. The molecule has 3 saturated carbocycles. The first-order chi connectivity index (χ1) is 31.3. The molecule has 3 aromatic rings. The fourth-order valence-electron chi connectivity index (χ4n) is 13.2. The highest BCUT2D eigenvalue weighted by atomic mass is 33.1. The number of nitrogens with zero attached hydrogens (tertiary/aromatic N) is 1. The Morgan fingerprint density at radius 1 is 0.923 bits per heavy atom. The Morgan fingerprint density at radius 3 is 2.51 bits per heavy atom. The van der Waals surface area contributed by atoms with Crippen LogP contribution < -0.4 is 10.1 Å². The molecule has 2 aliphatic heterocycles. The number of benzene rings is 2. The van der Waals surface area contributed by atoms with Crippen LogP contribution in [0.3, 0.4) is 0 Å². The molecule has 7 N–H and O–H groups in total. The van der Waals surface area contributed by atoms with Crippen molar-refractivity contribution in [1.29, 1.82) is 0 Å². The van der Waals surface area contributed by atoms with Crippen LogP contribution in [-0.4, -0.2) is 102 Å². The molecular weight excluding hydrogens is 869 g/mol. The number of anilines is 1. The molecule has 0 amide bonds. The monoisotopic (exact) mass is 924 g/mol. The van der Waals surface area contributed by atoms with E-state index in [1.807, 2.05) is 30.3 Å². The average molecular weight is 925 g/mol. The number of aldehydes is 1. The molecule has 10 rings (SSSR count). The van der Waals surface area contributed by atoms with Gasteiger partial charge in [-0.2, -0.15) is 0 Å². The molecule has 15 heteroatoms. The third kappa shape index (κ3) is 7.31. The van der Waals surface area contributed by atoms with E-state index in [4.69, 9.17) is 9.47 Å². The van der Waals surface area contributed by atoms with E-state index in [2.05, 4.69) is 10.3 Å². The Morgan fingerprint density at radius 2 is 1.72 bits per heavy atom. The van der Waals surface area contributed by atoms with Gasteiger partial charge in [0.1, 0.15) is 52.9 Å². The second-order valence-corrected chi connectivity index (χ2v) is 22.4. The lowest BCUT2D eigenvalue weighted by Crippen LogP contribution is -2.69. The Kier molecular flexibility index (Phi) is 11.7. The zero-order valence-electron chi connectivity index (χ0n) is 36.1. The number of aromatic nitrogens is 1. The second-order valence-electron chi connectivity index (χ2n) is 19.9. The largest absolute Gasteiger partial charge is 0.511 e. The number of rotatable bonds is 5. The van der Waals surface area contributed by atoms with E-state index in [9.17, 15) is 40.2 Å². The second kappa shape index (κ2) is 16.9. The zero-order chi connectivity index (χ0) is 45.4. The van der Waals surface area contributed by atoms with Gasteiger partial charge < -0.3 is 50.2 Å². The molecule has 0 unspecified atom stereocenters. The minimum Gasteiger partial charge on any atom is -0.511 e. The number of ketones is 2. The van der Waals surface area contributed by atoms with Gasteiger partial charge in [0, 0.05) is 23.4 Å². The van der Waals surface area contributed by atoms with Gasteiger partial charge in [-0.1, -0.05) is 76.9 Å². The third-order valence-electron chi connectivity index (χ3n) is 16.3. The lowest BCUT2D eigenvalue weighted by Gasteiger charge is -2.51. The van der Waals surface area contributed by atoms with Crippen molar-refractivity contribution in [2.75, 3.05) is 23.6 Å². The third-order valence-corrected chi connectivity index (χ3v) is 18.5. The molecule has 6 bridgehead atoms. The molecule has 4 fully saturated rings. The summed E-state index contributed by atoms with van der Waals surface area (Å²) in [5.41, 5.74) is -2.29. The molecule has 1 aromatic heterocycles. The smallest absolute Gasteiger partial charge is 0.229 e. The lowest BCUT2D eigenvalue weighted by atomic mass is 9.60. The van der Waals surface area contributed by atoms with Gasteiger partial charge in [0.25, 0.3) is 0 Å². The number of carbonyl (C=O) groups is 3. The topological polar surface area (TPSA) is 216 Å². The van der Waals surface area contributed by atoms with Crippen LogP contribution >= 0.6 is 21.6 Å². The van der Waals surface area contributed by atoms with Gasteiger partial charge in [-0.05, 0) is 121 Å². The maximum absolute atomic E-state index is 15.3. The maximum Gasteiger partial charge on any atom is 0.229 e. The summed E-state index contributed by atoms with van der Waals surface area (Å²) < 4.78 is 12.5. The number of hydrogen-bond donors (Lipinski definition) is 7. The van der Waals surface area contributed by atoms with Crippen molar-refractivity contribution < 1.29 is 54.5 Å². The number of fused-ring (bicyclic) bond motifs is 5. The first-order valence-corrected chi connectivity index (χ1v) is 25.2. The van der Waals surface area contributed by atoms with E-state index in [0.717, 1.165) is 55.9 Å². The number of aliphatic hydroxyl groups is 6. The van der Waals surface area contributed by atoms with E-state index in [1.165, 1.54) is 39.8 Å². The highest BCUT2D eigenvalue weighted by Gasteiger charge is 2.65. The molecule has 65 heavy (non-hydrogen) atoms. The van der Waals surface area contributed by atoms with Gasteiger partial charge >= 0.3 is 0 Å². The van der Waals surface area contributed by atoms with Crippen molar-refractivity contribution in [3.8, 4) is 5.75 Å². The fraction of sp³-hybridized carbons (Fsp3) is 0.520. The van der Waals surface area contributed by atoms with Gasteiger partial charge in [0.05, 0.1) is 30.6 Å². The van der Waals surface area contributed by atoms with Crippen LogP contribution in [0.25, 0.3) is 0 Å². The summed E-state index contributed by atoms with van der Waals surface area (Å²) in [5.74, 6) is -1.83. The van der Waals surface area contributed by atoms with Gasteiger partial charge in [0.15, 0.2) is 11.6 Å². The van der Waals surface area contributed by atoms with Crippen molar-refractivity contribution in [3.63, 3.8) is 0 Å². The molecule has 344 valence electrons. The minimum absolute atomic E-state index is 0.00634. The zero-order valence-corrected chi connectivity index (χ0v) is 37.7. The van der Waals surface area contributed by atoms with Crippen molar-refractivity contribution in [2.45, 2.75) is 113 Å². The predicted octanol–water partition coefficient (Wildman–Crippen LogP) is 6.16. The van der Waals surface area contributed by atoms with E-state index in [1.54, 1.807) is 24.4 Å². The molecule has 13 nitrogen and oxygen atoms in total. The molecule has 2 aromatic carbocycles. The highest BCUT2D eigenvalue weighted by Crippen LogP contribution is 2.69. The maximum atomic E-state index is 15.3. The van der Waals surface area contributed by atoms with Crippen LogP contribution in [0.1, 0.15) is 102 Å². The molecule has 3 heterocycles. The predicted molar refractivity (Wildman–Crippen MR) is 244 cm³/mol. The van der Waals surface area contributed by atoms with Crippen LogP contribution in [0.2, 0.25) is 0 Å². The summed E-state index contributed by atoms with van der Waals surface area (Å²) >= 11 is 0. The molecular formula is C50H56N2O11S2. The summed E-state index contributed by atoms with van der Waals surface area (Å²) in [6.07, 6.45) is 7.28. The van der Waals surface area contributed by atoms with Crippen LogP contribution in [0.15, 0.2) is 84.3 Å². The molecule has 10 atom stereocenters. The van der Waals surface area contributed by atoms with Crippen molar-refractivity contribution in [3.05, 3.63) is 112 Å². The van der Waals surface area contributed by atoms with Gasteiger partial charge in [-0.15, -0.1) is 0 Å². The normalized spacial score (nSPS) is 36.3. The first kappa shape index (κ1) is 44.8. The molecule has 0 radical (unpaired) electrons. The number of nitrogens with one attached hydrogen (secondary N) is 1. The van der Waals surface area contributed by atoms with E-state index in [0.29, 0.717) is 48.5 Å². The van der Waals surface area contributed by atoms with Gasteiger partial charge in [0.2, 0.25) is 6.29 Å². The van der Waals surface area contributed by atoms with Crippen molar-refractivity contribution in [2.24, 2.45) is 28.1 Å². The summed E-state index contributed by atoms with van der Waals surface area (Å²) in [4.78, 5) is 47.7. The quantitative estimate of drug-likeness (QED) is 0.113. The summed E-state index contributed by atoms with van der Waals surface area (Å²) in [7, 11) is 2.72. The number of allylic oxidation sites excluding steroid dienone is 4. The van der Waals surface area contributed by atoms with E-state index < -0.39 is 65.1 Å². The van der Waals surface area contributed by atoms with Crippen LogP contribution in [-0.2, 0) is 28.0 Å². The molecule has 1 saturated heterocycles. The summed E-state index contributed by atoms with van der Waals surface area (Å²) in [6, 6.07) is 15.7. The summed E-state index contributed by atoms with van der Waals surface area (Å²) in [6.45, 7) is -0.888. The van der Waals surface area contributed by atoms with Gasteiger partial charge in [-0.25, -0.2) is 4.98 Å². The van der Waals surface area contributed by atoms with E-state index in [-0.39, 0.29) is 58.2 Å². The summed E-state index contributed by atoms with van der Waals surface area (Å²) in [5, 5.41) is 73.3. The average Bonchev–Trinajstić information content (AvgIpc) is 4.01. The number of carbonyl (C=O) groups excluding carboxylic acids is 3. The lowest BCUT2D eigenvalue weighted by molar-refractivity contribution is -0.318. The highest BCUT2D eigenvalue weighted by molar-refractivity contribution is 8.76. The number of ether oxygens (including phenoxy) is 2. The number of Topliss-reactive ketones (excluding diaryl/α,β-unsaturated/α-hetero) is 2. The van der Waals surface area contributed by atoms with Crippen molar-refractivity contribution >= 4 is 45.3 Å². The molecule has 4 spiro atoms. The number of aliphatic hydroxyl groups excluding tert-OH is 5. The van der Waals surface area contributed by atoms with Crippen molar-refractivity contribution in [1.82, 2.24) is 4.98 Å². The number of hydrogen-bond acceptors (Lipinski definition) is 15. The first-order valence-electron chi connectivity index (χ1n) is 22.8. The fourth-order valence-corrected chi connectivity index (χ4v) is 15.5. The Labute approximate surface area is 385 Å².